The highest BCUT2D eigenvalue weighted by Gasteiger charge is 2.39. The van der Waals surface area contributed by atoms with E-state index in [1.807, 2.05) is 6.07 Å². The number of carbonyl (C=O) groups excluding carboxylic acids is 3. The van der Waals surface area contributed by atoms with E-state index < -0.39 is 6.04 Å². The van der Waals surface area contributed by atoms with E-state index in [1.165, 1.54) is 10.5 Å². The van der Waals surface area contributed by atoms with Gasteiger partial charge in [-0.1, -0.05) is 30.3 Å². The third-order valence-electron chi connectivity index (χ3n) is 6.54. The third kappa shape index (κ3) is 4.89. The molecule has 34 heavy (non-hydrogen) atoms. The highest BCUT2D eigenvalue weighted by atomic mass is 16.5. The van der Waals surface area contributed by atoms with Gasteiger partial charge in [0.1, 0.15) is 25.0 Å². The number of carbonyl (C=O) groups is 3. The van der Waals surface area contributed by atoms with Crippen molar-refractivity contribution in [2.24, 2.45) is 0 Å². The molecule has 178 valence electrons. The van der Waals surface area contributed by atoms with E-state index in [4.69, 9.17) is 14.2 Å². The first kappa shape index (κ1) is 22.7. The molecule has 0 N–H and O–H groups in total. The van der Waals surface area contributed by atoms with Crippen LogP contribution in [-0.4, -0.2) is 72.8 Å². The Balaban J connectivity index is 1.24. The van der Waals surface area contributed by atoms with Crippen molar-refractivity contribution in [1.82, 2.24) is 9.80 Å². The number of benzene rings is 2. The summed E-state index contributed by atoms with van der Waals surface area (Å²) in [6, 6.07) is 13.0. The van der Waals surface area contributed by atoms with Gasteiger partial charge in [-0.25, -0.2) is 0 Å². The normalized spacial score (nSPS) is 21.5. The number of nitrogens with zero attached hydrogens (tertiary/aromatic N) is 2. The van der Waals surface area contributed by atoms with Crippen molar-refractivity contribution in [3.8, 4) is 5.75 Å². The smallest absolute Gasteiger partial charge is 0.255 e. The van der Waals surface area contributed by atoms with Gasteiger partial charge < -0.3 is 19.1 Å². The monoisotopic (exact) mass is 464 g/mol. The fraction of sp³-hybridized carbons (Fsp3) is 0.423. The zero-order valence-electron chi connectivity index (χ0n) is 19.0. The van der Waals surface area contributed by atoms with Gasteiger partial charge >= 0.3 is 0 Å². The summed E-state index contributed by atoms with van der Waals surface area (Å²) >= 11 is 0. The number of ether oxygens (including phenoxy) is 3. The van der Waals surface area contributed by atoms with Crippen LogP contribution in [0.3, 0.4) is 0 Å². The summed E-state index contributed by atoms with van der Waals surface area (Å²) < 4.78 is 16.8. The lowest BCUT2D eigenvalue weighted by atomic mass is 10.1. The summed E-state index contributed by atoms with van der Waals surface area (Å²) in [5.74, 6) is -0.132. The Labute approximate surface area is 198 Å². The Hall–Kier alpha value is -3.07. The predicted octanol–water partition coefficient (Wildman–Crippen LogP) is 1.98. The molecule has 2 aromatic rings. The molecule has 5 rings (SSSR count). The quantitative estimate of drug-likeness (QED) is 0.605. The van der Waals surface area contributed by atoms with Crippen LogP contribution in [0.2, 0.25) is 0 Å². The van der Waals surface area contributed by atoms with Crippen LogP contribution in [0.15, 0.2) is 42.5 Å². The first-order valence-corrected chi connectivity index (χ1v) is 11.6. The molecule has 2 aromatic carbocycles. The molecular weight excluding hydrogens is 436 g/mol. The molecule has 1 atom stereocenters. The van der Waals surface area contributed by atoms with E-state index >= 15 is 0 Å². The molecule has 0 spiro atoms. The summed E-state index contributed by atoms with van der Waals surface area (Å²) in [5.41, 5.74) is 3.58. The summed E-state index contributed by atoms with van der Waals surface area (Å²) in [5, 5.41) is 0. The molecule has 0 radical (unpaired) electrons. The van der Waals surface area contributed by atoms with Crippen LogP contribution in [0.1, 0.15) is 33.5 Å². The van der Waals surface area contributed by atoms with Crippen LogP contribution in [0.25, 0.3) is 0 Å². The molecule has 2 fully saturated rings. The maximum absolute atomic E-state index is 13.0. The molecule has 3 heterocycles. The standard InChI is InChI=1S/C26H28N2O6/c29-20-12-24(30)23(17-33-16-20)28-14-22-21(26(28)31)2-1-3-25(22)34-15-19-6-4-18(5-7-19)13-27-8-10-32-11-9-27/h1-7,23H,8-17H2/t23-/m0/s1. The molecule has 8 nitrogen and oxygen atoms in total. The van der Waals surface area contributed by atoms with Crippen LogP contribution < -0.4 is 4.74 Å². The van der Waals surface area contributed by atoms with E-state index in [2.05, 4.69) is 29.2 Å². The van der Waals surface area contributed by atoms with E-state index in [1.54, 1.807) is 12.1 Å². The summed E-state index contributed by atoms with van der Waals surface area (Å²) in [7, 11) is 0. The second kappa shape index (κ2) is 10.0. The Kier molecular flexibility index (Phi) is 6.71. The van der Waals surface area contributed by atoms with Gasteiger partial charge in [-0.2, -0.15) is 0 Å². The zero-order chi connectivity index (χ0) is 23.5. The topological polar surface area (TPSA) is 85.4 Å². The average molecular weight is 465 g/mol. The lowest BCUT2D eigenvalue weighted by Crippen LogP contribution is -2.43. The van der Waals surface area contributed by atoms with Gasteiger partial charge in [0.05, 0.1) is 32.8 Å². The maximum Gasteiger partial charge on any atom is 0.255 e. The van der Waals surface area contributed by atoms with Crippen molar-refractivity contribution in [3.05, 3.63) is 64.7 Å². The zero-order valence-corrected chi connectivity index (χ0v) is 19.0. The number of hydrogen-bond acceptors (Lipinski definition) is 7. The fourth-order valence-corrected chi connectivity index (χ4v) is 4.64. The Bertz CT molecular complexity index is 1080. The molecule has 1 amide bonds. The summed E-state index contributed by atoms with van der Waals surface area (Å²) in [6.07, 6.45) is -0.199. The van der Waals surface area contributed by atoms with Crippen molar-refractivity contribution >= 4 is 17.5 Å². The third-order valence-corrected chi connectivity index (χ3v) is 6.54. The molecule has 3 aliphatic heterocycles. The van der Waals surface area contributed by atoms with Crippen molar-refractivity contribution in [3.63, 3.8) is 0 Å². The van der Waals surface area contributed by atoms with Crippen molar-refractivity contribution < 1.29 is 28.6 Å². The van der Waals surface area contributed by atoms with Crippen LogP contribution in [0.4, 0.5) is 0 Å². The lowest BCUT2D eigenvalue weighted by Gasteiger charge is -2.26. The second-order valence-corrected chi connectivity index (χ2v) is 8.92. The predicted molar refractivity (Wildman–Crippen MR) is 122 cm³/mol. The number of amides is 1. The molecule has 8 heteroatoms. The molecule has 0 bridgehead atoms. The first-order valence-electron chi connectivity index (χ1n) is 11.6. The molecule has 3 aliphatic rings. The Morgan fingerprint density at radius 3 is 2.50 bits per heavy atom. The minimum absolute atomic E-state index is 0.0390. The number of hydrogen-bond donors (Lipinski definition) is 0. The SMILES string of the molecule is O=C1COC[C@H](N2Cc3c(OCc4ccc(CN5CCOCC5)cc4)cccc3C2=O)C(=O)C1. The van der Waals surface area contributed by atoms with E-state index in [9.17, 15) is 14.4 Å². The summed E-state index contributed by atoms with van der Waals surface area (Å²) in [6.45, 7) is 4.97. The maximum atomic E-state index is 13.0. The van der Waals surface area contributed by atoms with Crippen molar-refractivity contribution in [1.29, 1.82) is 0 Å². The van der Waals surface area contributed by atoms with Gasteiger partial charge in [-0.05, 0) is 23.3 Å². The largest absolute Gasteiger partial charge is 0.489 e. The number of fused-ring (bicyclic) bond motifs is 1. The molecule has 0 unspecified atom stereocenters. The molecular formula is C26H28N2O6. The number of ketones is 2. The van der Waals surface area contributed by atoms with Crippen molar-refractivity contribution in [2.45, 2.75) is 32.2 Å². The van der Waals surface area contributed by atoms with Gasteiger partial charge in [-0.3, -0.25) is 19.3 Å². The Morgan fingerprint density at radius 2 is 1.71 bits per heavy atom. The van der Waals surface area contributed by atoms with Gasteiger partial charge in [-0.15, -0.1) is 0 Å². The van der Waals surface area contributed by atoms with Crippen LogP contribution in [0, 0.1) is 0 Å². The van der Waals surface area contributed by atoms with E-state index in [-0.39, 0.29) is 43.7 Å². The van der Waals surface area contributed by atoms with Gasteiger partial charge in [0.2, 0.25) is 0 Å². The molecule has 2 saturated heterocycles. The van der Waals surface area contributed by atoms with Crippen LogP contribution >= 0.6 is 0 Å². The number of morpholine rings is 1. The summed E-state index contributed by atoms with van der Waals surface area (Å²) in [4.78, 5) is 41.1. The van der Waals surface area contributed by atoms with Gasteiger partial charge in [0.25, 0.3) is 5.91 Å². The molecule has 0 aliphatic carbocycles. The average Bonchev–Trinajstić information content (AvgIpc) is 3.08. The van der Waals surface area contributed by atoms with E-state index in [0.717, 1.165) is 44.0 Å². The van der Waals surface area contributed by atoms with Crippen molar-refractivity contribution in [2.75, 3.05) is 39.5 Å². The number of rotatable bonds is 6. The fourth-order valence-electron chi connectivity index (χ4n) is 4.64. The van der Waals surface area contributed by atoms with Crippen LogP contribution in [-0.2, 0) is 38.8 Å². The van der Waals surface area contributed by atoms with Gasteiger partial charge in [0.15, 0.2) is 11.6 Å². The van der Waals surface area contributed by atoms with E-state index in [0.29, 0.717) is 17.9 Å². The van der Waals surface area contributed by atoms with Gasteiger partial charge in [0, 0.05) is 30.8 Å². The first-order chi connectivity index (χ1) is 16.6. The minimum Gasteiger partial charge on any atom is -0.489 e. The number of Topliss-reactive ketones (excluding diaryl/α,β-unsaturated/α-hetero) is 2. The highest BCUT2D eigenvalue weighted by molar-refractivity contribution is 6.06. The lowest BCUT2D eigenvalue weighted by molar-refractivity contribution is -0.128. The molecule has 0 aromatic heterocycles. The molecule has 0 saturated carbocycles. The second-order valence-electron chi connectivity index (χ2n) is 8.92. The minimum atomic E-state index is -0.752. The highest BCUT2D eigenvalue weighted by Crippen LogP contribution is 2.33. The Morgan fingerprint density at radius 1 is 0.941 bits per heavy atom. The van der Waals surface area contributed by atoms with Crippen LogP contribution in [0.5, 0.6) is 5.75 Å².